The molecule has 0 unspecified atom stereocenters. The van der Waals surface area contributed by atoms with E-state index in [0.717, 1.165) is 5.56 Å². The Kier molecular flexibility index (Phi) is 4.38. The molecule has 1 aliphatic carbocycles. The highest BCUT2D eigenvalue weighted by Crippen LogP contribution is 2.43. The van der Waals surface area contributed by atoms with Gasteiger partial charge < -0.3 is 0 Å². The van der Waals surface area contributed by atoms with Crippen molar-refractivity contribution in [1.82, 2.24) is 0 Å². The highest BCUT2D eigenvalue weighted by atomic mass is 16.1. The topological polar surface area (TPSA) is 17.1 Å². The number of ketones is 1. The molecule has 0 spiro atoms. The summed E-state index contributed by atoms with van der Waals surface area (Å²) < 4.78 is 0. The Morgan fingerprint density at radius 1 is 0.696 bits per heavy atom. The molecular weight excluding hydrogens is 280 g/mol. The van der Waals surface area contributed by atoms with Crippen LogP contribution in [0.15, 0.2) is 78.9 Å². The summed E-state index contributed by atoms with van der Waals surface area (Å²) in [6, 6.07) is 26.6. The van der Waals surface area contributed by atoms with E-state index < -0.39 is 0 Å². The molecule has 0 amide bonds. The molecule has 0 aliphatic heterocycles. The quantitative estimate of drug-likeness (QED) is 0.526. The first-order valence-corrected chi connectivity index (χ1v) is 7.92. The van der Waals surface area contributed by atoms with Crippen molar-refractivity contribution in [2.24, 2.45) is 0 Å². The number of carbonyl (C=O) groups excluding carboxylic acids is 1. The first kappa shape index (κ1) is 15.2. The van der Waals surface area contributed by atoms with Gasteiger partial charge in [0.15, 0.2) is 5.78 Å². The third-order valence-corrected chi connectivity index (χ3v) is 4.33. The summed E-state index contributed by atoms with van der Waals surface area (Å²) in [5.41, 5.74) is 6.53. The average Bonchev–Trinajstić information content (AvgIpc) is 2.90. The maximum absolute atomic E-state index is 10.6. The predicted molar refractivity (Wildman–Crippen MR) is 95.8 cm³/mol. The molecule has 0 N–H and O–H groups in total. The molecule has 0 saturated carbocycles. The molecule has 1 heteroatoms. The third-order valence-electron chi connectivity index (χ3n) is 4.33. The molecule has 0 fully saturated rings. The van der Waals surface area contributed by atoms with Crippen LogP contribution in [0.4, 0.5) is 0 Å². The van der Waals surface area contributed by atoms with E-state index in [0.29, 0.717) is 5.92 Å². The minimum atomic E-state index is 0.121. The molecule has 0 heterocycles. The molecule has 0 bridgehead atoms. The third kappa shape index (κ3) is 3.09. The van der Waals surface area contributed by atoms with Crippen molar-refractivity contribution < 1.29 is 4.79 Å². The summed E-state index contributed by atoms with van der Waals surface area (Å²) in [4.78, 5) is 10.6. The monoisotopic (exact) mass is 300 g/mol. The summed E-state index contributed by atoms with van der Waals surface area (Å²) in [5, 5.41) is 0. The van der Waals surface area contributed by atoms with Crippen LogP contribution in [-0.2, 0) is 0 Å². The Labute approximate surface area is 137 Å². The number of hydrogen-bond acceptors (Lipinski definition) is 1. The summed E-state index contributed by atoms with van der Waals surface area (Å²) in [7, 11) is 0. The van der Waals surface area contributed by atoms with E-state index in [2.05, 4.69) is 55.5 Å². The first-order valence-electron chi connectivity index (χ1n) is 7.92. The van der Waals surface area contributed by atoms with Gasteiger partial charge in [-0.3, -0.25) is 4.79 Å². The zero-order chi connectivity index (χ0) is 16.2. The summed E-state index contributed by atoms with van der Waals surface area (Å²) in [6.45, 7) is 3.85. The van der Waals surface area contributed by atoms with Crippen LogP contribution in [0.5, 0.6) is 0 Å². The van der Waals surface area contributed by atoms with Crippen LogP contribution in [0.1, 0.15) is 41.3 Å². The molecule has 0 aromatic heterocycles. The van der Waals surface area contributed by atoms with Crippen molar-refractivity contribution in [1.29, 1.82) is 0 Å². The van der Waals surface area contributed by atoms with Crippen molar-refractivity contribution in [3.63, 3.8) is 0 Å². The van der Waals surface area contributed by atoms with E-state index in [4.69, 9.17) is 0 Å². The van der Waals surface area contributed by atoms with E-state index in [1.54, 1.807) is 6.92 Å². The van der Waals surface area contributed by atoms with Crippen molar-refractivity contribution in [2.75, 3.05) is 0 Å². The highest BCUT2D eigenvalue weighted by molar-refractivity contribution is 5.93. The highest BCUT2D eigenvalue weighted by Gasteiger charge is 2.23. The van der Waals surface area contributed by atoms with Gasteiger partial charge in [0.2, 0.25) is 0 Å². The van der Waals surface area contributed by atoms with Crippen LogP contribution < -0.4 is 0 Å². The molecule has 1 aliphatic rings. The first-order chi connectivity index (χ1) is 11.2. The lowest BCUT2D eigenvalue weighted by atomic mass is 10.00. The second-order valence-electron chi connectivity index (χ2n) is 5.82. The van der Waals surface area contributed by atoms with Gasteiger partial charge in [0.1, 0.15) is 0 Å². The average molecular weight is 300 g/mol. The van der Waals surface area contributed by atoms with E-state index in [1.807, 2.05) is 30.3 Å². The minimum Gasteiger partial charge on any atom is -0.295 e. The maximum atomic E-state index is 10.6. The smallest absolute Gasteiger partial charge is 0.159 e. The normalized spacial score (nSPS) is 11.9. The second-order valence-corrected chi connectivity index (χ2v) is 5.82. The Morgan fingerprint density at radius 3 is 1.57 bits per heavy atom. The van der Waals surface area contributed by atoms with E-state index >= 15 is 0 Å². The number of hydrogen-bond donors (Lipinski definition) is 0. The van der Waals surface area contributed by atoms with E-state index in [9.17, 15) is 4.79 Å². The van der Waals surface area contributed by atoms with E-state index in [-0.39, 0.29) is 5.78 Å². The molecule has 23 heavy (non-hydrogen) atoms. The van der Waals surface area contributed by atoms with Crippen LogP contribution in [0.2, 0.25) is 0 Å². The lowest BCUT2D eigenvalue weighted by Gasteiger charge is -2.04. The van der Waals surface area contributed by atoms with Crippen LogP contribution in [0.3, 0.4) is 0 Å². The zero-order valence-corrected chi connectivity index (χ0v) is 13.5. The molecule has 0 atom stereocenters. The van der Waals surface area contributed by atoms with Crippen molar-refractivity contribution in [3.8, 4) is 11.1 Å². The second kappa shape index (κ2) is 6.62. The van der Waals surface area contributed by atoms with Crippen molar-refractivity contribution in [2.45, 2.75) is 19.8 Å². The summed E-state index contributed by atoms with van der Waals surface area (Å²) in [5.74, 6) is 0.679. The molecule has 3 aromatic rings. The Balaban J connectivity index is 0.000000151. The van der Waals surface area contributed by atoms with Gasteiger partial charge in [-0.1, -0.05) is 85.8 Å². The maximum Gasteiger partial charge on any atom is 0.159 e. The van der Waals surface area contributed by atoms with Crippen molar-refractivity contribution >= 4 is 5.78 Å². The molecule has 3 aromatic carbocycles. The van der Waals surface area contributed by atoms with E-state index in [1.165, 1.54) is 22.3 Å². The van der Waals surface area contributed by atoms with Gasteiger partial charge in [0.25, 0.3) is 0 Å². The predicted octanol–water partition coefficient (Wildman–Crippen LogP) is 5.71. The Hall–Kier alpha value is -2.67. The lowest BCUT2D eigenvalue weighted by Crippen LogP contribution is -1.88. The van der Waals surface area contributed by atoms with Crippen LogP contribution in [-0.4, -0.2) is 5.78 Å². The van der Waals surface area contributed by atoms with Gasteiger partial charge in [0.05, 0.1) is 0 Å². The Bertz CT molecular complexity index is 773. The van der Waals surface area contributed by atoms with Crippen LogP contribution in [0.25, 0.3) is 11.1 Å². The van der Waals surface area contributed by atoms with Gasteiger partial charge in [-0.15, -0.1) is 0 Å². The summed E-state index contributed by atoms with van der Waals surface area (Å²) >= 11 is 0. The molecule has 114 valence electrons. The number of rotatable bonds is 1. The van der Waals surface area contributed by atoms with Gasteiger partial charge in [-0.05, 0) is 29.2 Å². The van der Waals surface area contributed by atoms with Gasteiger partial charge in [-0.25, -0.2) is 0 Å². The minimum absolute atomic E-state index is 0.121. The molecular formula is C22H20O. The molecule has 0 saturated heterocycles. The fourth-order valence-corrected chi connectivity index (χ4v) is 3.08. The lowest BCUT2D eigenvalue weighted by molar-refractivity contribution is 0.101. The SMILES string of the molecule is CC(=O)c1ccccc1.CC1c2ccccc2-c2ccccc21. The van der Waals surface area contributed by atoms with Crippen LogP contribution in [0, 0.1) is 0 Å². The summed E-state index contributed by atoms with van der Waals surface area (Å²) in [6.07, 6.45) is 0. The zero-order valence-electron chi connectivity index (χ0n) is 13.5. The van der Waals surface area contributed by atoms with Gasteiger partial charge >= 0.3 is 0 Å². The van der Waals surface area contributed by atoms with Crippen molar-refractivity contribution in [3.05, 3.63) is 95.6 Å². The fourth-order valence-electron chi connectivity index (χ4n) is 3.08. The van der Waals surface area contributed by atoms with Gasteiger partial charge in [-0.2, -0.15) is 0 Å². The molecule has 4 rings (SSSR count). The Morgan fingerprint density at radius 2 is 1.13 bits per heavy atom. The standard InChI is InChI=1S/C14H12.C8H8O/c1-10-11-6-2-4-8-13(11)14-9-5-3-7-12(10)14;1-7(9)8-5-3-2-4-6-8/h2-10H,1H3;2-6H,1H3. The molecule has 0 radical (unpaired) electrons. The number of Topliss-reactive ketones (excluding diaryl/α,β-unsaturated/α-hetero) is 1. The fraction of sp³-hybridized carbons (Fsp3) is 0.136. The number of carbonyl (C=O) groups is 1. The van der Waals surface area contributed by atoms with Gasteiger partial charge in [0, 0.05) is 11.5 Å². The molecule has 1 nitrogen and oxygen atoms in total. The van der Waals surface area contributed by atoms with Crippen LogP contribution >= 0.6 is 0 Å². The number of fused-ring (bicyclic) bond motifs is 3. The largest absolute Gasteiger partial charge is 0.295 e. The number of benzene rings is 3.